The molecule has 0 spiro atoms. The Morgan fingerprint density at radius 2 is 1.81 bits per heavy atom. The van der Waals surface area contributed by atoms with Crippen LogP contribution in [0.3, 0.4) is 0 Å². The highest BCUT2D eigenvalue weighted by molar-refractivity contribution is 14.1. The van der Waals surface area contributed by atoms with Crippen LogP contribution in [0, 0.1) is 3.57 Å². The molecule has 1 aromatic carbocycles. The van der Waals surface area contributed by atoms with Crippen LogP contribution in [0.4, 0.5) is 0 Å². The summed E-state index contributed by atoms with van der Waals surface area (Å²) in [4.78, 5) is 14.7. The number of rotatable bonds is 2. The van der Waals surface area contributed by atoms with Crippen LogP contribution in [-0.2, 0) is 0 Å². The van der Waals surface area contributed by atoms with Crippen LogP contribution >= 0.6 is 22.6 Å². The van der Waals surface area contributed by atoms with E-state index in [9.17, 15) is 4.79 Å². The fraction of sp³-hybridized carbons (Fsp3) is 0. The predicted octanol–water partition coefficient (Wildman–Crippen LogP) is 3.05. The molecule has 1 heterocycles. The second-order valence-corrected chi connectivity index (χ2v) is 4.52. The average Bonchev–Trinajstić information content (AvgIpc) is 2.30. The van der Waals surface area contributed by atoms with Gasteiger partial charge in [-0.15, -0.1) is 0 Å². The van der Waals surface area contributed by atoms with Gasteiger partial charge in [-0.2, -0.15) is 0 Å². The fourth-order valence-electron chi connectivity index (χ4n) is 1.36. The van der Waals surface area contributed by atoms with Gasteiger partial charge in [0.15, 0.2) is 0 Å². The third-order valence-electron chi connectivity index (χ3n) is 2.16. The lowest BCUT2D eigenvalue weighted by Crippen LogP contribution is -1.97. The van der Waals surface area contributed by atoms with Crippen molar-refractivity contribution in [3.63, 3.8) is 0 Å². The molecule has 3 nitrogen and oxygen atoms in total. The molecule has 80 valence electrons. The Kier molecular flexibility index (Phi) is 3.19. The molecule has 0 unspecified atom stereocenters. The van der Waals surface area contributed by atoms with Gasteiger partial charge in [0.05, 0.1) is 5.56 Å². The molecule has 0 aliphatic heterocycles. The SMILES string of the molecule is O=C(O)c1cncc(-c2ccc(I)cc2)c1. The van der Waals surface area contributed by atoms with Crippen molar-refractivity contribution in [1.29, 1.82) is 0 Å². The number of carboxylic acid groups (broad SMARTS) is 1. The summed E-state index contributed by atoms with van der Waals surface area (Å²) in [6, 6.07) is 9.47. The Morgan fingerprint density at radius 1 is 1.12 bits per heavy atom. The van der Waals surface area contributed by atoms with E-state index in [1.165, 1.54) is 6.20 Å². The molecule has 0 atom stereocenters. The van der Waals surface area contributed by atoms with Gasteiger partial charge in [0, 0.05) is 21.5 Å². The minimum atomic E-state index is -0.958. The van der Waals surface area contributed by atoms with E-state index in [4.69, 9.17) is 5.11 Å². The van der Waals surface area contributed by atoms with E-state index in [-0.39, 0.29) is 5.56 Å². The number of carbonyl (C=O) groups is 1. The van der Waals surface area contributed by atoms with Gasteiger partial charge in [0.25, 0.3) is 0 Å². The first-order valence-electron chi connectivity index (χ1n) is 4.61. The summed E-state index contributed by atoms with van der Waals surface area (Å²) in [5, 5.41) is 8.86. The number of aromatic nitrogens is 1. The molecule has 0 radical (unpaired) electrons. The summed E-state index contributed by atoms with van der Waals surface area (Å²) in [7, 11) is 0. The molecule has 0 aliphatic carbocycles. The third kappa shape index (κ3) is 2.38. The van der Waals surface area contributed by atoms with Crippen molar-refractivity contribution < 1.29 is 9.90 Å². The molecule has 2 rings (SSSR count). The Balaban J connectivity index is 2.44. The van der Waals surface area contributed by atoms with Gasteiger partial charge in [-0.05, 0) is 46.4 Å². The zero-order valence-corrected chi connectivity index (χ0v) is 10.4. The van der Waals surface area contributed by atoms with Gasteiger partial charge in [-0.1, -0.05) is 12.1 Å². The number of halogens is 1. The number of benzene rings is 1. The van der Waals surface area contributed by atoms with Crippen LogP contribution in [0.15, 0.2) is 42.7 Å². The maximum absolute atomic E-state index is 10.8. The third-order valence-corrected chi connectivity index (χ3v) is 2.88. The standard InChI is InChI=1S/C12H8INO2/c13-11-3-1-8(2-4-11)9-5-10(12(15)16)7-14-6-9/h1-7H,(H,15,16). The van der Waals surface area contributed by atoms with Gasteiger partial charge in [-0.25, -0.2) is 4.79 Å². The average molecular weight is 325 g/mol. The highest BCUT2D eigenvalue weighted by atomic mass is 127. The van der Waals surface area contributed by atoms with Crippen LogP contribution in [0.25, 0.3) is 11.1 Å². The number of carboxylic acids is 1. The Bertz CT molecular complexity index is 523. The van der Waals surface area contributed by atoms with Crippen molar-refractivity contribution in [1.82, 2.24) is 4.98 Å². The maximum atomic E-state index is 10.8. The largest absolute Gasteiger partial charge is 0.478 e. The predicted molar refractivity (Wildman–Crippen MR) is 69.3 cm³/mol. The van der Waals surface area contributed by atoms with Crippen molar-refractivity contribution >= 4 is 28.6 Å². The minimum absolute atomic E-state index is 0.205. The molecular formula is C12H8INO2. The first kappa shape index (κ1) is 11.1. The summed E-state index contributed by atoms with van der Waals surface area (Å²) in [6.45, 7) is 0. The highest BCUT2D eigenvalue weighted by Crippen LogP contribution is 2.20. The molecule has 1 aromatic heterocycles. The molecule has 0 aliphatic rings. The molecule has 2 aromatic rings. The van der Waals surface area contributed by atoms with Crippen molar-refractivity contribution in [3.05, 3.63) is 51.9 Å². The normalized spacial score (nSPS) is 10.1. The fourth-order valence-corrected chi connectivity index (χ4v) is 1.72. The molecular weight excluding hydrogens is 317 g/mol. The molecule has 0 saturated carbocycles. The van der Waals surface area contributed by atoms with Gasteiger partial charge in [-0.3, -0.25) is 4.98 Å². The zero-order chi connectivity index (χ0) is 11.5. The number of pyridine rings is 1. The topological polar surface area (TPSA) is 50.2 Å². The van der Waals surface area contributed by atoms with E-state index in [2.05, 4.69) is 27.6 Å². The molecule has 0 saturated heterocycles. The Hall–Kier alpha value is -1.43. The monoisotopic (exact) mass is 325 g/mol. The van der Waals surface area contributed by atoms with Crippen LogP contribution in [0.1, 0.15) is 10.4 Å². The van der Waals surface area contributed by atoms with Crippen molar-refractivity contribution in [3.8, 4) is 11.1 Å². The van der Waals surface area contributed by atoms with Gasteiger partial charge < -0.3 is 5.11 Å². The summed E-state index contributed by atoms with van der Waals surface area (Å²) >= 11 is 2.22. The molecule has 16 heavy (non-hydrogen) atoms. The molecule has 1 N–H and O–H groups in total. The first-order chi connectivity index (χ1) is 7.66. The lowest BCUT2D eigenvalue weighted by atomic mass is 10.1. The minimum Gasteiger partial charge on any atom is -0.478 e. The summed E-state index contributed by atoms with van der Waals surface area (Å²) < 4.78 is 1.14. The summed E-state index contributed by atoms with van der Waals surface area (Å²) in [5.41, 5.74) is 1.99. The van der Waals surface area contributed by atoms with E-state index >= 15 is 0 Å². The maximum Gasteiger partial charge on any atom is 0.337 e. The first-order valence-corrected chi connectivity index (χ1v) is 5.69. The van der Waals surface area contributed by atoms with Crippen LogP contribution in [0.2, 0.25) is 0 Å². The van der Waals surface area contributed by atoms with E-state index in [1.807, 2.05) is 24.3 Å². The van der Waals surface area contributed by atoms with Crippen molar-refractivity contribution in [2.75, 3.05) is 0 Å². The van der Waals surface area contributed by atoms with Crippen molar-refractivity contribution in [2.24, 2.45) is 0 Å². The molecule has 0 bridgehead atoms. The van der Waals surface area contributed by atoms with E-state index in [1.54, 1.807) is 12.3 Å². The Labute approximate surface area is 106 Å². The number of hydrogen-bond acceptors (Lipinski definition) is 2. The molecule has 0 amide bonds. The van der Waals surface area contributed by atoms with Gasteiger partial charge >= 0.3 is 5.97 Å². The van der Waals surface area contributed by atoms with Gasteiger partial charge in [0.2, 0.25) is 0 Å². The molecule has 4 heteroatoms. The smallest absolute Gasteiger partial charge is 0.337 e. The number of nitrogens with zero attached hydrogens (tertiary/aromatic N) is 1. The Morgan fingerprint density at radius 3 is 2.44 bits per heavy atom. The number of aromatic carboxylic acids is 1. The lowest BCUT2D eigenvalue weighted by molar-refractivity contribution is 0.0696. The number of hydrogen-bond donors (Lipinski definition) is 1. The van der Waals surface area contributed by atoms with Crippen LogP contribution < -0.4 is 0 Å². The van der Waals surface area contributed by atoms with Gasteiger partial charge in [0.1, 0.15) is 0 Å². The highest BCUT2D eigenvalue weighted by Gasteiger charge is 2.05. The lowest BCUT2D eigenvalue weighted by Gasteiger charge is -2.02. The van der Waals surface area contributed by atoms with Crippen molar-refractivity contribution in [2.45, 2.75) is 0 Å². The van der Waals surface area contributed by atoms with E-state index < -0.39 is 5.97 Å². The summed E-state index contributed by atoms with van der Waals surface area (Å²) in [5.74, 6) is -0.958. The van der Waals surface area contributed by atoms with Crippen LogP contribution in [0.5, 0.6) is 0 Å². The second kappa shape index (κ2) is 4.61. The van der Waals surface area contributed by atoms with E-state index in [0.717, 1.165) is 14.7 Å². The molecule has 0 fully saturated rings. The second-order valence-electron chi connectivity index (χ2n) is 3.27. The van der Waals surface area contributed by atoms with Crippen LogP contribution in [-0.4, -0.2) is 16.1 Å². The van der Waals surface area contributed by atoms with E-state index in [0.29, 0.717) is 0 Å². The quantitative estimate of drug-likeness (QED) is 0.864. The summed E-state index contributed by atoms with van der Waals surface area (Å²) in [6.07, 6.45) is 3.01. The zero-order valence-electron chi connectivity index (χ0n) is 8.22.